The first kappa shape index (κ1) is 31.3. The summed E-state index contributed by atoms with van der Waals surface area (Å²) in [6, 6.07) is 14.9. The maximum atomic E-state index is 13.2. The summed E-state index contributed by atoms with van der Waals surface area (Å²) >= 11 is 0. The monoisotopic (exact) mass is 541 g/mol. The number of amides is 1. The highest BCUT2D eigenvalue weighted by molar-refractivity contribution is 6.06. The third kappa shape index (κ3) is 10.1. The molecule has 2 aromatic carbocycles. The number of aliphatic carboxylic acids is 1. The van der Waals surface area contributed by atoms with Gasteiger partial charge in [-0.25, -0.2) is 14.4 Å². The summed E-state index contributed by atoms with van der Waals surface area (Å²) in [6.45, 7) is 8.58. The molecule has 2 N–H and O–H groups in total. The number of esters is 2. The van der Waals surface area contributed by atoms with Gasteiger partial charge in [0.1, 0.15) is 18.0 Å². The van der Waals surface area contributed by atoms with E-state index in [1.807, 2.05) is 6.92 Å². The fraction of sp³-hybridized carbons (Fsp3) is 0.467. The molecule has 2 unspecified atom stereocenters. The van der Waals surface area contributed by atoms with Crippen LogP contribution in [-0.2, 0) is 36.9 Å². The molecular weight excluding hydrogens is 502 g/mol. The number of hydrogen-bond donors (Lipinski definition) is 2. The van der Waals surface area contributed by atoms with Gasteiger partial charge in [-0.05, 0) is 50.5 Å². The van der Waals surface area contributed by atoms with Gasteiger partial charge < -0.3 is 19.3 Å². The number of nitrogens with one attached hydrogen (secondary N) is 1. The molecule has 2 aromatic rings. The second-order valence-corrected chi connectivity index (χ2v) is 10.5. The molecule has 9 nitrogen and oxygen atoms in total. The Morgan fingerprint density at radius 3 is 2.13 bits per heavy atom. The van der Waals surface area contributed by atoms with Crippen LogP contribution in [0, 0.1) is 5.92 Å². The number of rotatable bonds is 13. The van der Waals surface area contributed by atoms with E-state index < -0.39 is 35.6 Å². The van der Waals surface area contributed by atoms with Crippen LogP contribution in [0.5, 0.6) is 5.75 Å². The molecule has 0 heterocycles. The second kappa shape index (κ2) is 14.3. The largest absolute Gasteiger partial charge is 0.479 e. The predicted octanol–water partition coefficient (Wildman–Crippen LogP) is 5.44. The predicted molar refractivity (Wildman–Crippen MR) is 145 cm³/mol. The average Bonchev–Trinajstić information content (AvgIpc) is 2.87. The van der Waals surface area contributed by atoms with E-state index in [1.54, 1.807) is 51.1 Å². The molecule has 2 rings (SSSR count). The summed E-state index contributed by atoms with van der Waals surface area (Å²) in [5.74, 6) is -3.08. The van der Waals surface area contributed by atoms with Gasteiger partial charge >= 0.3 is 24.0 Å². The maximum Gasteiger partial charge on any atom is 0.409 e. The summed E-state index contributed by atoms with van der Waals surface area (Å²) in [7, 11) is 0. The van der Waals surface area contributed by atoms with Crippen LogP contribution >= 0.6 is 0 Å². The Morgan fingerprint density at radius 1 is 0.923 bits per heavy atom. The van der Waals surface area contributed by atoms with Crippen LogP contribution in [0.15, 0.2) is 54.6 Å². The standard InChI is InChI=1S/C30H39NO8/c1-6-7-9-12-21(2)25(32)38-24-17-15-22(16-18-24)19-30(26(33)34,31-28(36)39-29(3,4)5)27(35)37-20-23-13-10-8-11-14-23/h8,10-11,13-18,21H,6-7,9,12,19-20H2,1-5H3,(H,31,36)(H,33,34). The van der Waals surface area contributed by atoms with Crippen molar-refractivity contribution in [2.45, 2.75) is 84.5 Å². The van der Waals surface area contributed by atoms with Gasteiger partial charge in [-0.15, -0.1) is 0 Å². The first-order chi connectivity index (χ1) is 18.4. The lowest BCUT2D eigenvalue weighted by Gasteiger charge is -2.30. The number of carboxylic acid groups (broad SMARTS) is 1. The van der Waals surface area contributed by atoms with E-state index >= 15 is 0 Å². The highest BCUT2D eigenvalue weighted by Gasteiger charge is 2.50. The molecule has 0 saturated heterocycles. The molecule has 9 heteroatoms. The summed E-state index contributed by atoms with van der Waals surface area (Å²) in [5, 5.41) is 12.4. The number of benzene rings is 2. The molecule has 0 bridgehead atoms. The van der Waals surface area contributed by atoms with Gasteiger partial charge in [-0.2, -0.15) is 0 Å². The Morgan fingerprint density at radius 2 is 1.56 bits per heavy atom. The van der Waals surface area contributed by atoms with Crippen molar-refractivity contribution in [2.75, 3.05) is 0 Å². The van der Waals surface area contributed by atoms with Gasteiger partial charge in [0.2, 0.25) is 5.54 Å². The Kier molecular flexibility index (Phi) is 11.5. The lowest BCUT2D eigenvalue weighted by atomic mass is 9.90. The summed E-state index contributed by atoms with van der Waals surface area (Å²) in [5.41, 5.74) is -2.36. The van der Waals surface area contributed by atoms with Gasteiger partial charge in [0.25, 0.3) is 0 Å². The van der Waals surface area contributed by atoms with Gasteiger partial charge in [-0.3, -0.25) is 10.1 Å². The Bertz CT molecular complexity index is 1110. The highest BCUT2D eigenvalue weighted by Crippen LogP contribution is 2.23. The Balaban J connectivity index is 2.24. The summed E-state index contributed by atoms with van der Waals surface area (Å²) in [6.07, 6.45) is 2.26. The molecule has 1 amide bonds. The van der Waals surface area contributed by atoms with Crippen molar-refractivity contribution in [3.8, 4) is 5.75 Å². The van der Waals surface area contributed by atoms with Crippen molar-refractivity contribution in [3.63, 3.8) is 0 Å². The van der Waals surface area contributed by atoms with Crippen LogP contribution in [-0.4, -0.2) is 40.2 Å². The van der Waals surface area contributed by atoms with Gasteiger partial charge in [-0.1, -0.05) is 75.6 Å². The molecule has 0 fully saturated rings. The van der Waals surface area contributed by atoms with E-state index in [9.17, 15) is 24.3 Å². The van der Waals surface area contributed by atoms with Crippen molar-refractivity contribution >= 4 is 24.0 Å². The topological polar surface area (TPSA) is 128 Å². The van der Waals surface area contributed by atoms with E-state index in [4.69, 9.17) is 14.2 Å². The van der Waals surface area contributed by atoms with Crippen LogP contribution in [0.2, 0.25) is 0 Å². The zero-order chi connectivity index (χ0) is 29.1. The van der Waals surface area contributed by atoms with Crippen molar-refractivity contribution in [1.29, 1.82) is 0 Å². The van der Waals surface area contributed by atoms with E-state index in [0.29, 0.717) is 16.9 Å². The smallest absolute Gasteiger partial charge is 0.409 e. The van der Waals surface area contributed by atoms with Crippen LogP contribution in [0.4, 0.5) is 4.79 Å². The number of ether oxygens (including phenoxy) is 3. The Labute approximate surface area is 229 Å². The Hall–Kier alpha value is -3.88. The van der Waals surface area contributed by atoms with Gasteiger partial charge in [0.05, 0.1) is 5.92 Å². The third-order valence-electron chi connectivity index (χ3n) is 5.89. The second-order valence-electron chi connectivity index (χ2n) is 10.5. The van der Waals surface area contributed by atoms with Gasteiger partial charge in [0.15, 0.2) is 0 Å². The third-order valence-corrected chi connectivity index (χ3v) is 5.89. The lowest BCUT2D eigenvalue weighted by molar-refractivity contribution is -0.164. The molecule has 2 atom stereocenters. The number of unbranched alkanes of at least 4 members (excludes halogenated alkanes) is 2. The molecule has 0 aromatic heterocycles. The van der Waals surface area contributed by atoms with E-state index in [2.05, 4.69) is 12.2 Å². The quantitative estimate of drug-likeness (QED) is 0.148. The molecule has 0 spiro atoms. The minimum absolute atomic E-state index is 0.184. The van der Waals surface area contributed by atoms with Crippen molar-refractivity contribution < 1.29 is 38.5 Å². The van der Waals surface area contributed by atoms with Crippen LogP contribution in [0.3, 0.4) is 0 Å². The van der Waals surface area contributed by atoms with Gasteiger partial charge in [0, 0.05) is 6.42 Å². The number of carbonyl (C=O) groups excluding carboxylic acids is 3. The van der Waals surface area contributed by atoms with Crippen LogP contribution < -0.4 is 10.1 Å². The summed E-state index contributed by atoms with van der Waals surface area (Å²) < 4.78 is 16.0. The first-order valence-electron chi connectivity index (χ1n) is 13.1. The molecule has 39 heavy (non-hydrogen) atoms. The molecule has 0 aliphatic carbocycles. The fourth-order valence-electron chi connectivity index (χ4n) is 3.72. The minimum Gasteiger partial charge on any atom is -0.479 e. The average molecular weight is 542 g/mol. The first-order valence-corrected chi connectivity index (χ1v) is 13.1. The van der Waals surface area contributed by atoms with Crippen molar-refractivity contribution in [1.82, 2.24) is 5.32 Å². The van der Waals surface area contributed by atoms with E-state index in [1.165, 1.54) is 24.3 Å². The molecule has 0 aliphatic heterocycles. The number of alkyl carbamates (subject to hydrolysis) is 1. The minimum atomic E-state index is -2.47. The maximum absolute atomic E-state index is 13.2. The molecular formula is C30H39NO8. The number of carboxylic acids is 1. The SMILES string of the molecule is CCCCCC(C)C(=O)Oc1ccc(CC(NC(=O)OC(C)(C)C)(C(=O)O)C(=O)OCc2ccccc2)cc1. The molecule has 0 aliphatic rings. The fourth-order valence-corrected chi connectivity index (χ4v) is 3.72. The highest BCUT2D eigenvalue weighted by atomic mass is 16.6. The van der Waals surface area contributed by atoms with Crippen molar-refractivity contribution in [2.24, 2.45) is 5.92 Å². The number of hydrogen-bond acceptors (Lipinski definition) is 7. The van der Waals surface area contributed by atoms with E-state index in [0.717, 1.165) is 25.7 Å². The molecule has 0 radical (unpaired) electrons. The van der Waals surface area contributed by atoms with E-state index in [-0.39, 0.29) is 18.5 Å². The number of carbonyl (C=O) groups is 4. The normalized spacial score (nSPS) is 13.5. The zero-order valence-corrected chi connectivity index (χ0v) is 23.3. The van der Waals surface area contributed by atoms with Crippen LogP contribution in [0.25, 0.3) is 0 Å². The lowest BCUT2D eigenvalue weighted by Crippen LogP contribution is -2.62. The summed E-state index contributed by atoms with van der Waals surface area (Å²) in [4.78, 5) is 50.8. The van der Waals surface area contributed by atoms with Crippen molar-refractivity contribution in [3.05, 3.63) is 65.7 Å². The molecule has 212 valence electrons. The molecule has 0 saturated carbocycles. The van der Waals surface area contributed by atoms with Crippen LogP contribution in [0.1, 0.15) is 71.4 Å². The zero-order valence-electron chi connectivity index (χ0n) is 23.3.